The minimum absolute atomic E-state index is 0.619. The SMILES string of the molecule is c1ccc(-c2nc(-c3ccccc3)nc(-c3cccc4c5ccc(-n6c7ccccc7c7ccc8c(c9ccccc9n8-c8ccccc8)c76)cc5n(-c5ccccc5)c34)n2)cc1. The van der Waals surface area contributed by atoms with Crippen LogP contribution < -0.4 is 0 Å². The molecule has 13 rings (SSSR count). The lowest BCUT2D eigenvalue weighted by Crippen LogP contribution is -2.02. The van der Waals surface area contributed by atoms with E-state index in [0.29, 0.717) is 17.5 Å². The fourth-order valence-corrected chi connectivity index (χ4v) is 9.78. The van der Waals surface area contributed by atoms with Gasteiger partial charge in [0.25, 0.3) is 0 Å². The van der Waals surface area contributed by atoms with E-state index < -0.39 is 0 Å². The Morgan fingerprint density at radius 1 is 0.270 bits per heavy atom. The largest absolute Gasteiger partial charge is 0.309 e. The van der Waals surface area contributed by atoms with Crippen molar-refractivity contribution >= 4 is 65.4 Å². The Hall–Kier alpha value is -8.61. The van der Waals surface area contributed by atoms with Crippen molar-refractivity contribution in [2.24, 2.45) is 0 Å². The monoisotopic (exact) mass is 804 g/mol. The molecular weight excluding hydrogens is 769 g/mol. The Balaban J connectivity index is 1.12. The van der Waals surface area contributed by atoms with E-state index in [4.69, 9.17) is 15.0 Å². The molecule has 0 saturated carbocycles. The summed E-state index contributed by atoms with van der Waals surface area (Å²) in [6.45, 7) is 0. The lowest BCUT2D eigenvalue weighted by molar-refractivity contribution is 1.07. The second-order valence-electron chi connectivity index (χ2n) is 16.0. The number of fused-ring (bicyclic) bond motifs is 10. The summed E-state index contributed by atoms with van der Waals surface area (Å²) in [6, 6.07) is 77.3. The Labute approximate surface area is 362 Å². The molecule has 0 spiro atoms. The lowest BCUT2D eigenvalue weighted by Gasteiger charge is -2.13. The molecule has 294 valence electrons. The lowest BCUT2D eigenvalue weighted by atomic mass is 10.1. The third kappa shape index (κ3) is 5.41. The number of para-hydroxylation sites is 5. The highest BCUT2D eigenvalue weighted by molar-refractivity contribution is 6.26. The smallest absolute Gasteiger partial charge is 0.166 e. The van der Waals surface area contributed by atoms with Gasteiger partial charge >= 0.3 is 0 Å². The summed E-state index contributed by atoms with van der Waals surface area (Å²) in [5.74, 6) is 1.88. The van der Waals surface area contributed by atoms with Gasteiger partial charge in [0, 0.05) is 66.1 Å². The van der Waals surface area contributed by atoms with Crippen molar-refractivity contribution in [1.29, 1.82) is 0 Å². The Bertz CT molecular complexity index is 3830. The van der Waals surface area contributed by atoms with Crippen molar-refractivity contribution in [1.82, 2.24) is 28.7 Å². The second-order valence-corrected chi connectivity index (χ2v) is 16.0. The maximum atomic E-state index is 5.22. The summed E-state index contributed by atoms with van der Waals surface area (Å²) in [5.41, 5.74) is 12.9. The van der Waals surface area contributed by atoms with Crippen molar-refractivity contribution in [2.75, 3.05) is 0 Å². The third-order valence-electron chi connectivity index (χ3n) is 12.5. The van der Waals surface area contributed by atoms with Gasteiger partial charge in [0.1, 0.15) is 0 Å². The van der Waals surface area contributed by atoms with Crippen molar-refractivity contribution in [2.45, 2.75) is 0 Å². The van der Waals surface area contributed by atoms with Gasteiger partial charge in [0.15, 0.2) is 17.5 Å². The molecule has 4 heterocycles. The van der Waals surface area contributed by atoms with Gasteiger partial charge in [-0.15, -0.1) is 0 Å². The molecular formula is C57H36N6. The summed E-state index contributed by atoms with van der Waals surface area (Å²) < 4.78 is 7.27. The molecule has 0 aliphatic heterocycles. The Morgan fingerprint density at radius 3 is 1.41 bits per heavy atom. The van der Waals surface area contributed by atoms with E-state index in [1.165, 1.54) is 38.1 Å². The fraction of sp³-hybridized carbons (Fsp3) is 0. The molecule has 0 aliphatic carbocycles. The molecule has 6 nitrogen and oxygen atoms in total. The van der Waals surface area contributed by atoms with Gasteiger partial charge in [0.2, 0.25) is 0 Å². The first-order chi connectivity index (χ1) is 31.3. The van der Waals surface area contributed by atoms with Gasteiger partial charge in [-0.05, 0) is 60.7 Å². The number of nitrogens with zero attached hydrogens (tertiary/aromatic N) is 6. The molecule has 0 aliphatic rings. The van der Waals surface area contributed by atoms with Gasteiger partial charge < -0.3 is 13.7 Å². The number of hydrogen-bond acceptors (Lipinski definition) is 3. The zero-order valence-electron chi connectivity index (χ0n) is 34.0. The summed E-state index contributed by atoms with van der Waals surface area (Å²) >= 11 is 0. The summed E-state index contributed by atoms with van der Waals surface area (Å²) in [6.07, 6.45) is 0. The highest BCUT2D eigenvalue weighted by Gasteiger charge is 2.24. The molecule has 0 amide bonds. The molecule has 0 radical (unpaired) electrons. The standard InChI is InChI=1S/C57H36N6/c1-5-18-37(19-6-1)55-58-56(38-20-7-2-8-21-38)60-57(59-55)47-29-17-28-44-43-33-32-41(36-51(43)62(53(44)47)40-24-11-4-12-25-40)63-48-30-15-13-26-42(48)45-34-35-50-52(54(45)63)46-27-14-16-31-49(46)61(50)39-22-9-3-10-23-39/h1-36H. The van der Waals surface area contributed by atoms with Crippen molar-refractivity contribution < 1.29 is 0 Å². The van der Waals surface area contributed by atoms with Crippen LogP contribution in [0.15, 0.2) is 218 Å². The predicted molar refractivity (Wildman–Crippen MR) is 259 cm³/mol. The third-order valence-corrected chi connectivity index (χ3v) is 12.5. The first kappa shape index (κ1) is 35.2. The summed E-state index contributed by atoms with van der Waals surface area (Å²) in [5, 5.41) is 7.15. The number of aromatic nitrogens is 6. The molecule has 0 bridgehead atoms. The topological polar surface area (TPSA) is 53.5 Å². The molecule has 13 aromatic rings. The van der Waals surface area contributed by atoms with E-state index in [1.54, 1.807) is 0 Å². The van der Waals surface area contributed by atoms with Crippen LogP contribution in [0.4, 0.5) is 0 Å². The molecule has 0 atom stereocenters. The van der Waals surface area contributed by atoms with E-state index in [0.717, 1.165) is 61.1 Å². The van der Waals surface area contributed by atoms with Gasteiger partial charge in [0.05, 0.1) is 33.1 Å². The molecule has 4 aromatic heterocycles. The molecule has 0 unspecified atom stereocenters. The maximum Gasteiger partial charge on any atom is 0.166 e. The number of rotatable bonds is 6. The van der Waals surface area contributed by atoms with Crippen LogP contribution in [0.5, 0.6) is 0 Å². The second kappa shape index (κ2) is 14.0. The van der Waals surface area contributed by atoms with Crippen LogP contribution in [0.2, 0.25) is 0 Å². The molecule has 0 N–H and O–H groups in total. The highest BCUT2D eigenvalue weighted by Crippen LogP contribution is 2.44. The minimum Gasteiger partial charge on any atom is -0.309 e. The average molecular weight is 805 g/mol. The minimum atomic E-state index is 0.619. The normalized spacial score (nSPS) is 11.8. The van der Waals surface area contributed by atoms with Crippen molar-refractivity contribution in [3.63, 3.8) is 0 Å². The van der Waals surface area contributed by atoms with Crippen LogP contribution in [-0.4, -0.2) is 28.7 Å². The maximum absolute atomic E-state index is 5.22. The van der Waals surface area contributed by atoms with Gasteiger partial charge in [-0.3, -0.25) is 0 Å². The first-order valence-corrected chi connectivity index (χ1v) is 21.3. The zero-order chi connectivity index (χ0) is 41.4. The van der Waals surface area contributed by atoms with Crippen LogP contribution in [0.1, 0.15) is 0 Å². The molecule has 0 saturated heterocycles. The highest BCUT2D eigenvalue weighted by atomic mass is 15.1. The van der Waals surface area contributed by atoms with Crippen LogP contribution in [0.25, 0.3) is 117 Å². The quantitative estimate of drug-likeness (QED) is 0.168. The molecule has 6 heteroatoms. The van der Waals surface area contributed by atoms with Gasteiger partial charge in [-0.2, -0.15) is 0 Å². The van der Waals surface area contributed by atoms with E-state index >= 15 is 0 Å². The molecule has 63 heavy (non-hydrogen) atoms. The number of hydrogen-bond donors (Lipinski definition) is 0. The first-order valence-electron chi connectivity index (χ1n) is 21.3. The van der Waals surface area contributed by atoms with Crippen LogP contribution in [0.3, 0.4) is 0 Å². The predicted octanol–water partition coefficient (Wildman–Crippen LogP) is 14.2. The molecule has 0 fully saturated rings. The van der Waals surface area contributed by atoms with Crippen LogP contribution in [-0.2, 0) is 0 Å². The Kier molecular flexibility index (Phi) is 7.80. The van der Waals surface area contributed by atoms with Crippen molar-refractivity contribution in [3.8, 4) is 51.2 Å². The number of benzene rings is 9. The fourth-order valence-electron chi connectivity index (χ4n) is 9.78. The van der Waals surface area contributed by atoms with Gasteiger partial charge in [-0.1, -0.05) is 158 Å². The van der Waals surface area contributed by atoms with E-state index in [2.05, 4.69) is 196 Å². The molecule has 9 aromatic carbocycles. The van der Waals surface area contributed by atoms with Crippen LogP contribution >= 0.6 is 0 Å². The summed E-state index contributed by atoms with van der Waals surface area (Å²) in [7, 11) is 0. The van der Waals surface area contributed by atoms with Crippen molar-refractivity contribution in [3.05, 3.63) is 218 Å². The van der Waals surface area contributed by atoms with E-state index in [1.807, 2.05) is 36.4 Å². The van der Waals surface area contributed by atoms with Gasteiger partial charge in [-0.25, -0.2) is 15.0 Å². The average Bonchev–Trinajstić information content (AvgIpc) is 4.00. The van der Waals surface area contributed by atoms with E-state index in [-0.39, 0.29) is 0 Å². The Morgan fingerprint density at radius 2 is 0.746 bits per heavy atom. The van der Waals surface area contributed by atoms with E-state index in [9.17, 15) is 0 Å². The zero-order valence-corrected chi connectivity index (χ0v) is 34.0. The van der Waals surface area contributed by atoms with Crippen LogP contribution in [0, 0.1) is 0 Å². The summed E-state index contributed by atoms with van der Waals surface area (Å²) in [4.78, 5) is 15.5.